The molecule has 3 rings (SSSR count). The normalized spacial score (nSPS) is 18.0. The Labute approximate surface area is 170 Å². The van der Waals surface area contributed by atoms with Gasteiger partial charge < -0.3 is 15.1 Å². The van der Waals surface area contributed by atoms with E-state index < -0.39 is 12.1 Å². The second kappa shape index (κ2) is 9.85. The topological polar surface area (TPSA) is 77.8 Å². The fourth-order valence-corrected chi connectivity index (χ4v) is 3.44. The van der Waals surface area contributed by atoms with E-state index in [1.807, 2.05) is 65.6 Å². The van der Waals surface area contributed by atoms with Gasteiger partial charge in [-0.3, -0.25) is 4.79 Å². The minimum Gasteiger partial charge on any atom is -0.478 e. The first-order chi connectivity index (χ1) is 14.0. The van der Waals surface area contributed by atoms with Gasteiger partial charge in [0.25, 0.3) is 0 Å². The highest BCUT2D eigenvalue weighted by molar-refractivity contribution is 5.85. The lowest BCUT2D eigenvalue weighted by atomic mass is 10.1. The fourth-order valence-electron chi connectivity index (χ4n) is 3.44. The number of carboxylic acids is 1. The maximum Gasteiger partial charge on any atom is 0.328 e. The molecule has 2 unspecified atom stereocenters. The average Bonchev–Trinajstić information content (AvgIpc) is 3.06. The van der Waals surface area contributed by atoms with Gasteiger partial charge in [-0.25, -0.2) is 4.79 Å². The smallest absolute Gasteiger partial charge is 0.328 e. The van der Waals surface area contributed by atoms with Gasteiger partial charge in [-0.2, -0.15) is 0 Å². The van der Waals surface area contributed by atoms with Crippen LogP contribution >= 0.6 is 0 Å². The number of carbonyl (C=O) groups is 2. The number of aliphatic hydroxyl groups is 1. The van der Waals surface area contributed by atoms with Gasteiger partial charge in [-0.1, -0.05) is 66.7 Å². The molecular formula is C24H25NO4. The molecule has 0 spiro atoms. The van der Waals surface area contributed by atoms with Gasteiger partial charge in [0.1, 0.15) is 0 Å². The van der Waals surface area contributed by atoms with Crippen LogP contribution in [0.3, 0.4) is 0 Å². The predicted octanol–water partition coefficient (Wildman–Crippen LogP) is 3.44. The van der Waals surface area contributed by atoms with Crippen LogP contribution in [0.2, 0.25) is 0 Å². The number of benzene rings is 2. The van der Waals surface area contributed by atoms with Crippen LogP contribution in [0, 0.1) is 0 Å². The molecule has 150 valence electrons. The third-order valence-corrected chi connectivity index (χ3v) is 4.97. The third-order valence-electron chi connectivity index (χ3n) is 4.97. The zero-order chi connectivity index (χ0) is 20.6. The SMILES string of the molecule is O=C(O)/C=C/c1ccc(CN2C(=O)CCC2/C=C/C(O)Cc2ccccc2)cc1. The number of carbonyl (C=O) groups excluding carboxylic acids is 1. The standard InChI is InChI=1S/C24H25NO4/c26-22(16-19-4-2-1-3-5-19)13-11-21-12-14-23(27)25(21)17-20-8-6-18(7-9-20)10-15-24(28)29/h1-11,13,15,21-22,26H,12,14,16-17H2,(H,28,29)/b13-11+,15-10+. The summed E-state index contributed by atoms with van der Waals surface area (Å²) in [7, 11) is 0. The van der Waals surface area contributed by atoms with E-state index in [4.69, 9.17) is 5.11 Å². The lowest BCUT2D eigenvalue weighted by Gasteiger charge is -2.23. The summed E-state index contributed by atoms with van der Waals surface area (Å²) in [4.78, 5) is 24.7. The Morgan fingerprint density at radius 2 is 1.83 bits per heavy atom. The molecule has 5 heteroatoms. The molecule has 0 saturated carbocycles. The second-order valence-corrected chi connectivity index (χ2v) is 7.18. The van der Waals surface area contributed by atoms with Crippen molar-refractivity contribution in [3.63, 3.8) is 0 Å². The molecule has 1 heterocycles. The molecule has 0 bridgehead atoms. The number of hydrogen-bond acceptors (Lipinski definition) is 3. The van der Waals surface area contributed by atoms with Gasteiger partial charge in [0.15, 0.2) is 0 Å². The van der Waals surface area contributed by atoms with Gasteiger partial charge in [-0.15, -0.1) is 0 Å². The summed E-state index contributed by atoms with van der Waals surface area (Å²) in [6.45, 7) is 0.492. The Morgan fingerprint density at radius 1 is 1.10 bits per heavy atom. The number of hydrogen-bond donors (Lipinski definition) is 2. The van der Waals surface area contributed by atoms with E-state index in [2.05, 4.69) is 0 Å². The number of likely N-dealkylation sites (tertiary alicyclic amines) is 1. The number of rotatable bonds is 8. The molecule has 0 aromatic heterocycles. The van der Waals surface area contributed by atoms with Crippen LogP contribution in [0.25, 0.3) is 6.08 Å². The molecule has 1 amide bonds. The molecular weight excluding hydrogens is 366 g/mol. The third kappa shape index (κ3) is 6.16. The fraction of sp³-hybridized carbons (Fsp3) is 0.250. The van der Waals surface area contributed by atoms with Crippen molar-refractivity contribution in [2.75, 3.05) is 0 Å². The summed E-state index contributed by atoms with van der Waals surface area (Å²) in [5.41, 5.74) is 2.85. The van der Waals surface area contributed by atoms with E-state index in [0.717, 1.165) is 29.2 Å². The molecule has 2 aromatic carbocycles. The molecule has 0 radical (unpaired) electrons. The Morgan fingerprint density at radius 3 is 2.52 bits per heavy atom. The van der Waals surface area contributed by atoms with Crippen LogP contribution in [-0.4, -0.2) is 39.1 Å². The van der Waals surface area contributed by atoms with Gasteiger partial charge in [0.05, 0.1) is 12.1 Å². The van der Waals surface area contributed by atoms with Crippen molar-refractivity contribution in [3.05, 3.63) is 89.5 Å². The van der Waals surface area contributed by atoms with Crippen molar-refractivity contribution >= 4 is 18.0 Å². The number of amides is 1. The Hall–Kier alpha value is -3.18. The molecule has 2 atom stereocenters. The van der Waals surface area contributed by atoms with E-state index in [1.54, 1.807) is 6.08 Å². The number of aliphatic hydroxyl groups excluding tert-OH is 1. The summed E-state index contributed by atoms with van der Waals surface area (Å²) in [6, 6.07) is 17.3. The predicted molar refractivity (Wildman–Crippen MR) is 112 cm³/mol. The molecule has 1 fully saturated rings. The first-order valence-corrected chi connectivity index (χ1v) is 9.71. The molecule has 2 aromatic rings. The summed E-state index contributed by atoms with van der Waals surface area (Å²) in [6.07, 6.45) is 7.55. The molecule has 1 saturated heterocycles. The Balaban J connectivity index is 1.60. The summed E-state index contributed by atoms with van der Waals surface area (Å²) >= 11 is 0. The van der Waals surface area contributed by atoms with Gasteiger partial charge >= 0.3 is 5.97 Å². The van der Waals surface area contributed by atoms with E-state index in [0.29, 0.717) is 19.4 Å². The van der Waals surface area contributed by atoms with Crippen LogP contribution in [0.4, 0.5) is 0 Å². The van der Waals surface area contributed by atoms with Crippen LogP contribution in [0.15, 0.2) is 72.8 Å². The van der Waals surface area contributed by atoms with Crippen LogP contribution in [-0.2, 0) is 22.6 Å². The van der Waals surface area contributed by atoms with Crippen LogP contribution < -0.4 is 0 Å². The highest BCUT2D eigenvalue weighted by Gasteiger charge is 2.29. The maximum absolute atomic E-state index is 12.3. The highest BCUT2D eigenvalue weighted by Crippen LogP contribution is 2.23. The van der Waals surface area contributed by atoms with Crippen molar-refractivity contribution in [2.45, 2.75) is 38.0 Å². The lowest BCUT2D eigenvalue weighted by Crippen LogP contribution is -2.31. The van der Waals surface area contributed by atoms with Gasteiger partial charge in [-0.05, 0) is 29.2 Å². The average molecular weight is 391 g/mol. The van der Waals surface area contributed by atoms with E-state index in [1.165, 1.54) is 6.08 Å². The zero-order valence-electron chi connectivity index (χ0n) is 16.1. The Bertz CT molecular complexity index is 887. The summed E-state index contributed by atoms with van der Waals surface area (Å²) in [5.74, 6) is -0.882. The monoisotopic (exact) mass is 391 g/mol. The van der Waals surface area contributed by atoms with Gasteiger partial charge in [0.2, 0.25) is 5.91 Å². The van der Waals surface area contributed by atoms with Crippen molar-refractivity contribution < 1.29 is 19.8 Å². The van der Waals surface area contributed by atoms with Crippen LogP contribution in [0.5, 0.6) is 0 Å². The number of nitrogens with zero attached hydrogens (tertiary/aromatic N) is 1. The number of aliphatic carboxylic acids is 1. The summed E-state index contributed by atoms with van der Waals surface area (Å²) in [5, 5.41) is 19.0. The summed E-state index contributed by atoms with van der Waals surface area (Å²) < 4.78 is 0. The maximum atomic E-state index is 12.3. The molecule has 1 aliphatic heterocycles. The van der Waals surface area contributed by atoms with Crippen molar-refractivity contribution in [2.24, 2.45) is 0 Å². The minimum atomic E-state index is -0.985. The van der Waals surface area contributed by atoms with Gasteiger partial charge in [0, 0.05) is 25.5 Å². The first-order valence-electron chi connectivity index (χ1n) is 9.71. The van der Waals surface area contributed by atoms with E-state index >= 15 is 0 Å². The Kier molecular flexibility index (Phi) is 6.98. The molecule has 29 heavy (non-hydrogen) atoms. The van der Waals surface area contributed by atoms with Crippen LogP contribution in [0.1, 0.15) is 29.5 Å². The second-order valence-electron chi connectivity index (χ2n) is 7.18. The van der Waals surface area contributed by atoms with Crippen molar-refractivity contribution in [3.8, 4) is 0 Å². The zero-order valence-corrected chi connectivity index (χ0v) is 16.1. The lowest BCUT2D eigenvalue weighted by molar-refractivity contribution is -0.131. The minimum absolute atomic E-state index is 0.0282. The van der Waals surface area contributed by atoms with Crippen molar-refractivity contribution in [1.29, 1.82) is 0 Å². The molecule has 1 aliphatic rings. The molecule has 2 N–H and O–H groups in total. The largest absolute Gasteiger partial charge is 0.478 e. The quantitative estimate of drug-likeness (QED) is 0.534. The highest BCUT2D eigenvalue weighted by atomic mass is 16.4. The van der Waals surface area contributed by atoms with Crippen molar-refractivity contribution in [1.82, 2.24) is 4.90 Å². The van der Waals surface area contributed by atoms with E-state index in [-0.39, 0.29) is 11.9 Å². The van der Waals surface area contributed by atoms with E-state index in [9.17, 15) is 14.7 Å². The molecule has 0 aliphatic carbocycles. The number of carboxylic acid groups (broad SMARTS) is 1. The first kappa shape index (κ1) is 20.6. The molecule has 5 nitrogen and oxygen atoms in total.